The summed E-state index contributed by atoms with van der Waals surface area (Å²) in [6, 6.07) is 3.01. The van der Waals surface area contributed by atoms with Gasteiger partial charge in [-0.25, -0.2) is 4.98 Å². The molecule has 8 nitrogen and oxygen atoms in total. The molecule has 0 radical (unpaired) electrons. The normalized spacial score (nSPS) is 10.0. The van der Waals surface area contributed by atoms with Crippen LogP contribution >= 0.6 is 0 Å². The first-order valence-electron chi connectivity index (χ1n) is 4.47. The number of anilines is 1. The Labute approximate surface area is 90.3 Å². The number of amides is 1. The molecule has 82 valence electrons. The quantitative estimate of drug-likeness (QED) is 0.615. The number of carbonyl (C=O) groups is 1. The molecule has 0 spiro atoms. The van der Waals surface area contributed by atoms with Crippen LogP contribution in [0.3, 0.4) is 0 Å². The fourth-order valence-corrected chi connectivity index (χ4v) is 1.03. The summed E-state index contributed by atoms with van der Waals surface area (Å²) in [5.41, 5.74) is 5.55. The predicted molar refractivity (Wildman–Crippen MR) is 54.0 cm³/mol. The van der Waals surface area contributed by atoms with Gasteiger partial charge in [0.25, 0.3) is 5.91 Å². The summed E-state index contributed by atoms with van der Waals surface area (Å²) in [5.74, 6) is 0.493. The van der Waals surface area contributed by atoms with Crippen LogP contribution < -0.4 is 11.1 Å². The molecule has 0 aliphatic rings. The second-order valence-corrected chi connectivity index (χ2v) is 2.96. The number of rotatable bonds is 3. The highest BCUT2D eigenvalue weighted by molar-refractivity contribution is 5.92. The van der Waals surface area contributed by atoms with Crippen molar-refractivity contribution in [2.75, 3.05) is 5.73 Å². The molecule has 8 heteroatoms. The number of aromatic amines is 1. The van der Waals surface area contributed by atoms with Gasteiger partial charge >= 0.3 is 0 Å². The highest BCUT2D eigenvalue weighted by atomic mass is 16.1. The number of hydrogen-bond acceptors (Lipinski definition) is 6. The van der Waals surface area contributed by atoms with E-state index in [1.807, 2.05) is 0 Å². The number of aromatic nitrogens is 5. The van der Waals surface area contributed by atoms with Crippen LogP contribution in [-0.2, 0) is 6.54 Å². The van der Waals surface area contributed by atoms with Crippen LogP contribution in [0.25, 0.3) is 0 Å². The third kappa shape index (κ3) is 2.29. The summed E-state index contributed by atoms with van der Waals surface area (Å²) in [7, 11) is 0. The maximum Gasteiger partial charge on any atom is 0.272 e. The smallest absolute Gasteiger partial charge is 0.272 e. The van der Waals surface area contributed by atoms with E-state index in [1.54, 1.807) is 0 Å². The Morgan fingerprint density at radius 1 is 1.44 bits per heavy atom. The average molecular weight is 219 g/mol. The molecule has 0 unspecified atom stereocenters. The molecular weight excluding hydrogens is 210 g/mol. The second-order valence-electron chi connectivity index (χ2n) is 2.96. The Morgan fingerprint density at radius 2 is 2.31 bits per heavy atom. The summed E-state index contributed by atoms with van der Waals surface area (Å²) >= 11 is 0. The Hall–Kier alpha value is -2.51. The highest BCUT2D eigenvalue weighted by Gasteiger charge is 2.07. The number of nitrogens with zero attached hydrogens (tertiary/aromatic N) is 4. The van der Waals surface area contributed by atoms with E-state index in [2.05, 4.69) is 30.7 Å². The van der Waals surface area contributed by atoms with Crippen molar-refractivity contribution in [3.8, 4) is 0 Å². The van der Waals surface area contributed by atoms with Gasteiger partial charge in [0.05, 0.1) is 6.54 Å². The lowest BCUT2D eigenvalue weighted by molar-refractivity contribution is 0.0944. The third-order valence-corrected chi connectivity index (χ3v) is 1.80. The van der Waals surface area contributed by atoms with Gasteiger partial charge in [0, 0.05) is 0 Å². The van der Waals surface area contributed by atoms with E-state index in [0.29, 0.717) is 5.82 Å². The number of nitrogens with one attached hydrogen (secondary N) is 2. The zero-order valence-corrected chi connectivity index (χ0v) is 8.21. The fourth-order valence-electron chi connectivity index (χ4n) is 1.03. The average Bonchev–Trinajstić information content (AvgIpc) is 2.80. The van der Waals surface area contributed by atoms with Gasteiger partial charge in [-0.15, -0.1) is 10.2 Å². The highest BCUT2D eigenvalue weighted by Crippen LogP contribution is 1.97. The van der Waals surface area contributed by atoms with Crippen LogP contribution in [0, 0.1) is 0 Å². The molecule has 0 aromatic carbocycles. The van der Waals surface area contributed by atoms with Gasteiger partial charge in [-0.3, -0.25) is 9.89 Å². The fraction of sp³-hybridized carbons (Fsp3) is 0.125. The van der Waals surface area contributed by atoms with Crippen LogP contribution in [0.15, 0.2) is 18.5 Å². The van der Waals surface area contributed by atoms with Crippen molar-refractivity contribution in [1.82, 2.24) is 30.7 Å². The van der Waals surface area contributed by atoms with E-state index in [0.717, 1.165) is 0 Å². The number of carbonyl (C=O) groups excluding carboxylic acids is 1. The molecule has 2 heterocycles. The second kappa shape index (κ2) is 4.34. The SMILES string of the molecule is Nc1ccc(C(=O)NCc2ncn[nH]2)nn1. The predicted octanol–water partition coefficient (Wildman–Crippen LogP) is -0.893. The molecule has 0 saturated heterocycles. The van der Waals surface area contributed by atoms with Crippen LogP contribution in [0.5, 0.6) is 0 Å². The Balaban J connectivity index is 1.95. The van der Waals surface area contributed by atoms with Gasteiger partial charge in [0.1, 0.15) is 18.0 Å². The van der Waals surface area contributed by atoms with Crippen molar-refractivity contribution in [2.45, 2.75) is 6.54 Å². The first-order chi connectivity index (χ1) is 7.75. The standard InChI is InChI=1S/C8H9N7O/c9-6-2-1-5(13-14-6)8(16)10-3-7-11-4-12-15-7/h1-2,4H,3H2,(H2,9,14)(H,10,16)(H,11,12,15). The summed E-state index contributed by atoms with van der Waals surface area (Å²) in [6.45, 7) is 0.255. The van der Waals surface area contributed by atoms with E-state index in [9.17, 15) is 4.79 Å². The Bertz CT molecular complexity index is 464. The number of nitrogen functional groups attached to an aromatic ring is 1. The van der Waals surface area contributed by atoms with Crippen molar-refractivity contribution in [3.63, 3.8) is 0 Å². The minimum atomic E-state index is -0.344. The molecule has 2 aromatic heterocycles. The van der Waals surface area contributed by atoms with Crippen molar-refractivity contribution in [1.29, 1.82) is 0 Å². The van der Waals surface area contributed by atoms with Gasteiger partial charge in [-0.2, -0.15) is 5.10 Å². The molecular formula is C8H9N7O. The number of hydrogen-bond donors (Lipinski definition) is 3. The van der Waals surface area contributed by atoms with Gasteiger partial charge in [-0.1, -0.05) is 0 Å². The third-order valence-electron chi connectivity index (χ3n) is 1.80. The summed E-state index contributed by atoms with van der Waals surface area (Å²) < 4.78 is 0. The molecule has 0 aliphatic carbocycles. The minimum Gasteiger partial charge on any atom is -0.382 e. The lowest BCUT2D eigenvalue weighted by atomic mass is 10.3. The maximum absolute atomic E-state index is 11.5. The first-order valence-corrected chi connectivity index (χ1v) is 4.47. The lowest BCUT2D eigenvalue weighted by Gasteiger charge is -2.01. The molecule has 0 atom stereocenters. The molecule has 0 saturated carbocycles. The first kappa shape index (κ1) is 10.0. The van der Waals surface area contributed by atoms with Gasteiger partial charge < -0.3 is 11.1 Å². The minimum absolute atomic E-state index is 0.203. The molecule has 0 bridgehead atoms. The zero-order valence-electron chi connectivity index (χ0n) is 8.21. The van der Waals surface area contributed by atoms with Crippen molar-refractivity contribution in [3.05, 3.63) is 30.0 Å². The molecule has 2 rings (SSSR count). The van der Waals surface area contributed by atoms with Crippen molar-refractivity contribution < 1.29 is 4.79 Å². The maximum atomic E-state index is 11.5. The topological polar surface area (TPSA) is 122 Å². The molecule has 0 fully saturated rings. The summed E-state index contributed by atoms with van der Waals surface area (Å²) in [5, 5.41) is 16.1. The van der Waals surface area contributed by atoms with E-state index >= 15 is 0 Å². The molecule has 16 heavy (non-hydrogen) atoms. The van der Waals surface area contributed by atoms with Crippen molar-refractivity contribution in [2.24, 2.45) is 0 Å². The lowest BCUT2D eigenvalue weighted by Crippen LogP contribution is -2.24. The van der Waals surface area contributed by atoms with Crippen molar-refractivity contribution >= 4 is 11.7 Å². The van der Waals surface area contributed by atoms with E-state index in [4.69, 9.17) is 5.73 Å². The zero-order chi connectivity index (χ0) is 11.4. The van der Waals surface area contributed by atoms with E-state index in [-0.39, 0.29) is 24.0 Å². The van der Waals surface area contributed by atoms with Gasteiger partial charge in [0.15, 0.2) is 5.69 Å². The van der Waals surface area contributed by atoms with E-state index < -0.39 is 0 Å². The summed E-state index contributed by atoms with van der Waals surface area (Å²) in [6.07, 6.45) is 1.37. The molecule has 4 N–H and O–H groups in total. The molecule has 1 amide bonds. The Morgan fingerprint density at radius 3 is 2.94 bits per heavy atom. The van der Waals surface area contributed by atoms with Crippen LogP contribution in [0.2, 0.25) is 0 Å². The number of H-pyrrole nitrogens is 1. The van der Waals surface area contributed by atoms with Gasteiger partial charge in [0.2, 0.25) is 0 Å². The number of nitrogens with two attached hydrogens (primary N) is 1. The monoisotopic (exact) mass is 219 g/mol. The molecule has 2 aromatic rings. The largest absolute Gasteiger partial charge is 0.382 e. The Kier molecular flexibility index (Phi) is 2.72. The van der Waals surface area contributed by atoms with Gasteiger partial charge in [-0.05, 0) is 12.1 Å². The van der Waals surface area contributed by atoms with Crippen LogP contribution in [0.1, 0.15) is 16.3 Å². The van der Waals surface area contributed by atoms with Crippen LogP contribution in [0.4, 0.5) is 5.82 Å². The van der Waals surface area contributed by atoms with E-state index in [1.165, 1.54) is 18.5 Å². The molecule has 0 aliphatic heterocycles. The van der Waals surface area contributed by atoms with Crippen LogP contribution in [-0.4, -0.2) is 31.3 Å². The summed E-state index contributed by atoms with van der Waals surface area (Å²) in [4.78, 5) is 15.4.